The lowest BCUT2D eigenvalue weighted by atomic mass is 10.1. The lowest BCUT2D eigenvalue weighted by Crippen LogP contribution is -2.40. The minimum atomic E-state index is -1.33. The minimum Gasteiger partial charge on any atom is -0.381 e. The van der Waals surface area contributed by atoms with Crippen molar-refractivity contribution in [1.29, 1.82) is 0 Å². The van der Waals surface area contributed by atoms with Gasteiger partial charge in [-0.1, -0.05) is 0 Å². The quantitative estimate of drug-likeness (QED) is 0.588. The first-order valence-corrected chi connectivity index (χ1v) is 5.22. The highest BCUT2D eigenvalue weighted by Crippen LogP contribution is 2.00. The van der Waals surface area contributed by atoms with Gasteiger partial charge in [-0.3, -0.25) is 14.6 Å². The van der Waals surface area contributed by atoms with Crippen LogP contribution in [-0.2, 0) is 16.0 Å². The van der Waals surface area contributed by atoms with E-state index in [9.17, 15) is 9.59 Å². The molecule has 92 valence electrons. The van der Waals surface area contributed by atoms with E-state index in [1.807, 2.05) is 12.1 Å². The molecule has 0 spiro atoms. The van der Waals surface area contributed by atoms with Gasteiger partial charge >= 0.3 is 0 Å². The molecule has 0 saturated carbocycles. The highest BCUT2D eigenvalue weighted by atomic mass is 16.3. The molecule has 1 atom stereocenters. The highest BCUT2D eigenvalue weighted by molar-refractivity contribution is 5.81. The Morgan fingerprint density at radius 3 is 2.65 bits per heavy atom. The van der Waals surface area contributed by atoms with Gasteiger partial charge in [-0.05, 0) is 24.1 Å². The third-order valence-corrected chi connectivity index (χ3v) is 2.21. The average Bonchev–Trinajstić information content (AvgIpc) is 2.34. The summed E-state index contributed by atoms with van der Waals surface area (Å²) in [5.74, 6) is -1.08. The van der Waals surface area contributed by atoms with Gasteiger partial charge in [0.05, 0.1) is 6.54 Å². The fourth-order valence-electron chi connectivity index (χ4n) is 1.21. The van der Waals surface area contributed by atoms with E-state index in [-0.39, 0.29) is 18.9 Å². The molecule has 1 aromatic rings. The molecule has 0 saturated heterocycles. The summed E-state index contributed by atoms with van der Waals surface area (Å²) in [6, 6.07) is 3.65. The number of aryl methyl sites for hydroxylation is 1. The van der Waals surface area contributed by atoms with Crippen LogP contribution in [0.3, 0.4) is 0 Å². The van der Waals surface area contributed by atoms with Crippen molar-refractivity contribution in [1.82, 2.24) is 10.3 Å². The molecule has 4 N–H and O–H groups in total. The van der Waals surface area contributed by atoms with Crippen LogP contribution in [0.5, 0.6) is 0 Å². The van der Waals surface area contributed by atoms with E-state index in [1.54, 1.807) is 12.4 Å². The molecule has 6 nitrogen and oxygen atoms in total. The Kier molecular flexibility index (Phi) is 5.09. The molecular weight excluding hydrogens is 222 g/mol. The Hall–Kier alpha value is -1.95. The second-order valence-electron chi connectivity index (χ2n) is 3.58. The molecule has 1 unspecified atom stereocenters. The molecule has 0 aromatic carbocycles. The maximum Gasteiger partial charge on any atom is 0.248 e. The van der Waals surface area contributed by atoms with Gasteiger partial charge in [0.2, 0.25) is 11.8 Å². The number of carbonyl (C=O) groups is 2. The molecular formula is C11H15N3O3. The van der Waals surface area contributed by atoms with E-state index >= 15 is 0 Å². The fraction of sp³-hybridized carbons (Fsp3) is 0.364. The van der Waals surface area contributed by atoms with Crippen molar-refractivity contribution in [3.63, 3.8) is 0 Å². The first kappa shape index (κ1) is 13.1. The lowest BCUT2D eigenvalue weighted by molar-refractivity contribution is -0.127. The number of aliphatic hydroxyl groups is 1. The Balaban J connectivity index is 2.24. The highest BCUT2D eigenvalue weighted by Gasteiger charge is 2.11. The van der Waals surface area contributed by atoms with Crippen molar-refractivity contribution in [3.05, 3.63) is 30.1 Å². The van der Waals surface area contributed by atoms with Crippen LogP contribution in [0, 0.1) is 0 Å². The maximum atomic E-state index is 11.4. The van der Waals surface area contributed by atoms with E-state index < -0.39 is 12.0 Å². The molecule has 1 rings (SSSR count). The van der Waals surface area contributed by atoms with Crippen molar-refractivity contribution < 1.29 is 14.7 Å². The summed E-state index contributed by atoms with van der Waals surface area (Å²) in [4.78, 5) is 25.7. The average molecular weight is 237 g/mol. The Morgan fingerprint density at radius 2 is 2.06 bits per heavy atom. The molecule has 17 heavy (non-hydrogen) atoms. The topological polar surface area (TPSA) is 105 Å². The predicted molar refractivity (Wildman–Crippen MR) is 60.8 cm³/mol. The summed E-state index contributed by atoms with van der Waals surface area (Å²) in [6.45, 7) is -0.148. The van der Waals surface area contributed by atoms with Gasteiger partial charge < -0.3 is 16.2 Å². The number of carbonyl (C=O) groups excluding carboxylic acids is 2. The Labute approximate surface area is 98.8 Å². The summed E-state index contributed by atoms with van der Waals surface area (Å²) in [5.41, 5.74) is 5.85. The van der Waals surface area contributed by atoms with Gasteiger partial charge in [-0.25, -0.2) is 0 Å². The first-order valence-electron chi connectivity index (χ1n) is 5.22. The summed E-state index contributed by atoms with van der Waals surface area (Å²) in [6.07, 6.45) is 2.85. The van der Waals surface area contributed by atoms with Crippen LogP contribution < -0.4 is 11.1 Å². The number of amides is 2. The molecule has 2 amide bonds. The molecule has 1 aromatic heterocycles. The summed E-state index contributed by atoms with van der Waals surface area (Å²) >= 11 is 0. The third-order valence-electron chi connectivity index (χ3n) is 2.21. The van der Waals surface area contributed by atoms with Crippen molar-refractivity contribution in [2.24, 2.45) is 5.73 Å². The minimum absolute atomic E-state index is 0.148. The lowest BCUT2D eigenvalue weighted by Gasteiger charge is -2.08. The molecule has 0 aliphatic heterocycles. The Bertz CT molecular complexity index is 381. The molecule has 0 aliphatic carbocycles. The molecule has 0 fully saturated rings. The van der Waals surface area contributed by atoms with E-state index in [1.165, 1.54) is 0 Å². The number of hydrogen-bond acceptors (Lipinski definition) is 4. The summed E-state index contributed by atoms with van der Waals surface area (Å²) in [7, 11) is 0. The largest absolute Gasteiger partial charge is 0.381 e. The van der Waals surface area contributed by atoms with Gasteiger partial charge in [0.15, 0.2) is 0 Å². The smallest absolute Gasteiger partial charge is 0.248 e. The van der Waals surface area contributed by atoms with Crippen LogP contribution in [0.4, 0.5) is 0 Å². The number of primary amides is 1. The van der Waals surface area contributed by atoms with Gasteiger partial charge in [-0.15, -0.1) is 0 Å². The van der Waals surface area contributed by atoms with E-state index in [0.29, 0.717) is 6.42 Å². The number of hydrogen-bond donors (Lipinski definition) is 3. The molecule has 0 radical (unpaired) electrons. The number of pyridine rings is 1. The van der Waals surface area contributed by atoms with E-state index in [4.69, 9.17) is 10.8 Å². The number of aliphatic hydroxyl groups excluding tert-OH is 1. The zero-order valence-corrected chi connectivity index (χ0v) is 9.30. The summed E-state index contributed by atoms with van der Waals surface area (Å²) < 4.78 is 0. The van der Waals surface area contributed by atoms with Gasteiger partial charge in [0.1, 0.15) is 6.10 Å². The van der Waals surface area contributed by atoms with Crippen LogP contribution in [0.2, 0.25) is 0 Å². The SMILES string of the molecule is NC(=O)C(O)CNC(=O)CCc1ccncc1. The zero-order chi connectivity index (χ0) is 12.7. The second-order valence-corrected chi connectivity index (χ2v) is 3.58. The van der Waals surface area contributed by atoms with Crippen LogP contribution in [-0.4, -0.2) is 34.6 Å². The fourth-order valence-corrected chi connectivity index (χ4v) is 1.21. The van der Waals surface area contributed by atoms with E-state index in [0.717, 1.165) is 5.56 Å². The van der Waals surface area contributed by atoms with Gasteiger partial charge in [0.25, 0.3) is 0 Å². The van der Waals surface area contributed by atoms with Crippen LogP contribution in [0.25, 0.3) is 0 Å². The van der Waals surface area contributed by atoms with E-state index in [2.05, 4.69) is 10.3 Å². The first-order chi connectivity index (χ1) is 8.09. The predicted octanol–water partition coefficient (Wildman–Crippen LogP) is -1.02. The Morgan fingerprint density at radius 1 is 1.41 bits per heavy atom. The molecule has 0 aliphatic rings. The standard InChI is InChI=1S/C11H15N3O3/c12-11(17)9(15)7-14-10(16)2-1-8-3-5-13-6-4-8/h3-6,9,15H,1-2,7H2,(H2,12,17)(H,14,16). The van der Waals surface area contributed by atoms with Crippen molar-refractivity contribution in [2.75, 3.05) is 6.54 Å². The second kappa shape index (κ2) is 6.59. The molecule has 6 heteroatoms. The molecule has 1 heterocycles. The van der Waals surface area contributed by atoms with Crippen molar-refractivity contribution in [2.45, 2.75) is 18.9 Å². The normalized spacial score (nSPS) is 11.8. The zero-order valence-electron chi connectivity index (χ0n) is 9.30. The van der Waals surface area contributed by atoms with Gasteiger partial charge in [-0.2, -0.15) is 0 Å². The molecule has 0 bridgehead atoms. The maximum absolute atomic E-state index is 11.4. The van der Waals surface area contributed by atoms with Crippen molar-refractivity contribution >= 4 is 11.8 Å². The van der Waals surface area contributed by atoms with Crippen molar-refractivity contribution in [3.8, 4) is 0 Å². The van der Waals surface area contributed by atoms with Crippen LogP contribution in [0.1, 0.15) is 12.0 Å². The van der Waals surface area contributed by atoms with Crippen LogP contribution in [0.15, 0.2) is 24.5 Å². The monoisotopic (exact) mass is 237 g/mol. The van der Waals surface area contributed by atoms with Gasteiger partial charge in [0, 0.05) is 18.8 Å². The number of aromatic nitrogens is 1. The number of nitrogens with one attached hydrogen (secondary N) is 1. The summed E-state index contributed by atoms with van der Waals surface area (Å²) in [5, 5.41) is 11.5. The third kappa shape index (κ3) is 5.07. The number of rotatable bonds is 6. The van der Waals surface area contributed by atoms with Crippen LogP contribution >= 0.6 is 0 Å². The number of nitrogens with zero attached hydrogens (tertiary/aromatic N) is 1. The number of nitrogens with two attached hydrogens (primary N) is 1.